The van der Waals surface area contributed by atoms with E-state index in [0.29, 0.717) is 34.1 Å². The van der Waals surface area contributed by atoms with Gasteiger partial charge in [-0.25, -0.2) is 4.79 Å². The Balaban J connectivity index is 0.000000618. The quantitative estimate of drug-likeness (QED) is 0.180. The van der Waals surface area contributed by atoms with Crippen molar-refractivity contribution in [2.75, 3.05) is 12.4 Å². The van der Waals surface area contributed by atoms with E-state index in [0.717, 1.165) is 35.1 Å². The van der Waals surface area contributed by atoms with Gasteiger partial charge in [0.05, 0.1) is 12.7 Å². The predicted octanol–water partition coefficient (Wildman–Crippen LogP) is 13.1. The summed E-state index contributed by atoms with van der Waals surface area (Å²) < 4.78 is 4.93. The Morgan fingerprint density at radius 2 is 1.37 bits per heavy atom. The van der Waals surface area contributed by atoms with Gasteiger partial charge in [-0.1, -0.05) is 79.2 Å². The van der Waals surface area contributed by atoms with Gasteiger partial charge in [0.15, 0.2) is 0 Å². The zero-order chi connectivity index (χ0) is 43.6. The molecular formula is C52H73NO4. The minimum Gasteiger partial charge on any atom is -0.497 e. The van der Waals surface area contributed by atoms with E-state index in [4.69, 9.17) is 4.74 Å². The number of fused-ring (bicyclic) bond motifs is 7. The predicted molar refractivity (Wildman–Crippen MR) is 243 cm³/mol. The van der Waals surface area contributed by atoms with E-state index >= 15 is 0 Å². The van der Waals surface area contributed by atoms with Crippen molar-refractivity contribution in [1.82, 2.24) is 0 Å². The van der Waals surface area contributed by atoms with Crippen LogP contribution < -0.4 is 10.1 Å². The summed E-state index contributed by atoms with van der Waals surface area (Å²) in [5, 5.41) is 11.9. The maximum absolute atomic E-state index is 11.4. The Kier molecular flexibility index (Phi) is 20.3. The van der Waals surface area contributed by atoms with Crippen LogP contribution in [0.5, 0.6) is 5.75 Å². The number of carboxylic acid groups (broad SMARTS) is 1. The molecule has 0 aromatic heterocycles. The summed E-state index contributed by atoms with van der Waals surface area (Å²) in [7, 11) is 1.60. The van der Waals surface area contributed by atoms with Crippen molar-refractivity contribution in [3.8, 4) is 44.3 Å². The smallest absolute Gasteiger partial charge is 0.335 e. The lowest BCUT2D eigenvalue weighted by atomic mass is 9.36. The number of allylic oxidation sites excluding steroid dienone is 3. The first-order valence-corrected chi connectivity index (χ1v) is 20.7. The molecule has 2 aromatic rings. The Bertz CT molecular complexity index is 1630. The van der Waals surface area contributed by atoms with E-state index in [1.54, 1.807) is 49.6 Å². The van der Waals surface area contributed by atoms with E-state index in [9.17, 15) is 14.7 Å². The van der Waals surface area contributed by atoms with Gasteiger partial charge in [0.1, 0.15) is 5.75 Å². The molecule has 5 aliphatic carbocycles. The number of amides is 1. The summed E-state index contributed by atoms with van der Waals surface area (Å²) in [6.07, 6.45) is 43.2. The number of carboxylic acids is 1. The van der Waals surface area contributed by atoms with Crippen LogP contribution >= 0.6 is 0 Å². The molecule has 5 aliphatic rings. The highest BCUT2D eigenvalue weighted by Crippen LogP contribution is 2.73. The highest BCUT2D eigenvalue weighted by atomic mass is 16.5. The molecule has 0 bridgehead atoms. The van der Waals surface area contributed by atoms with E-state index < -0.39 is 5.97 Å². The molecule has 0 radical (unpaired) electrons. The molecule has 4 fully saturated rings. The number of hydrogen-bond donors (Lipinski definition) is 2. The third kappa shape index (κ3) is 10.6. The maximum Gasteiger partial charge on any atom is 0.335 e. The SMILES string of the molecule is C#C.C#C.C#C.C=CC.CC.CC1(C)C(c2ccc(C(=O)O)cc2)=CC[C@@]2(C)C1CC[C@@]1(C)C3CC[C@@]4(C)CCCC4[C@H]3CCC12.COc1ccc(NC=O)cc1. The molecule has 0 aliphatic heterocycles. The van der Waals surface area contributed by atoms with Crippen LogP contribution in [0.1, 0.15) is 136 Å². The van der Waals surface area contributed by atoms with Crippen molar-refractivity contribution in [3.63, 3.8) is 0 Å². The van der Waals surface area contributed by atoms with Crippen LogP contribution in [0.2, 0.25) is 0 Å². The van der Waals surface area contributed by atoms with Crippen molar-refractivity contribution in [2.24, 2.45) is 51.2 Å². The topological polar surface area (TPSA) is 75.6 Å². The highest BCUT2D eigenvalue weighted by Gasteiger charge is 2.64. The van der Waals surface area contributed by atoms with Gasteiger partial charge in [0.25, 0.3) is 0 Å². The average molecular weight is 776 g/mol. The lowest BCUT2D eigenvalue weighted by molar-refractivity contribution is -0.176. The van der Waals surface area contributed by atoms with Gasteiger partial charge in [-0.15, -0.1) is 45.1 Å². The molecule has 5 heteroatoms. The van der Waals surface area contributed by atoms with Crippen LogP contribution in [0.25, 0.3) is 5.57 Å². The number of hydrogen-bond acceptors (Lipinski definition) is 3. The molecule has 4 saturated carbocycles. The molecule has 0 spiro atoms. The molecule has 0 saturated heterocycles. The molecule has 2 N–H and O–H groups in total. The number of terminal acetylenes is 3. The Morgan fingerprint density at radius 1 is 0.789 bits per heavy atom. The minimum absolute atomic E-state index is 0.104. The van der Waals surface area contributed by atoms with Crippen molar-refractivity contribution in [3.05, 3.63) is 78.4 Å². The summed E-state index contributed by atoms with van der Waals surface area (Å²) in [6.45, 7) is 22.2. The largest absolute Gasteiger partial charge is 0.497 e. The molecule has 310 valence electrons. The first-order valence-electron chi connectivity index (χ1n) is 20.7. The van der Waals surface area contributed by atoms with Gasteiger partial charge in [0, 0.05) is 5.69 Å². The normalized spacial score (nSPS) is 30.4. The second kappa shape index (κ2) is 22.9. The number of rotatable bonds is 5. The third-order valence-corrected chi connectivity index (χ3v) is 14.3. The summed E-state index contributed by atoms with van der Waals surface area (Å²) in [5.41, 5.74) is 5.41. The summed E-state index contributed by atoms with van der Waals surface area (Å²) in [5.74, 6) is 4.36. The van der Waals surface area contributed by atoms with Gasteiger partial charge in [-0.2, -0.15) is 0 Å². The van der Waals surface area contributed by atoms with E-state index in [1.165, 1.54) is 75.3 Å². The molecule has 5 nitrogen and oxygen atoms in total. The third-order valence-electron chi connectivity index (χ3n) is 14.3. The summed E-state index contributed by atoms with van der Waals surface area (Å²) in [6, 6.07) is 14.7. The summed E-state index contributed by atoms with van der Waals surface area (Å²) in [4.78, 5) is 21.4. The first-order chi connectivity index (χ1) is 27.3. The fraction of sp³-hybridized carbons (Fsp3) is 0.538. The van der Waals surface area contributed by atoms with Gasteiger partial charge in [-0.05, 0) is 163 Å². The Hall–Kier alpha value is -4.66. The van der Waals surface area contributed by atoms with Crippen LogP contribution in [-0.2, 0) is 4.79 Å². The lowest BCUT2D eigenvalue weighted by Gasteiger charge is -2.68. The number of carbonyl (C=O) groups is 2. The Morgan fingerprint density at radius 3 is 1.89 bits per heavy atom. The van der Waals surface area contributed by atoms with Crippen LogP contribution in [0.3, 0.4) is 0 Å². The molecule has 4 unspecified atom stereocenters. The van der Waals surface area contributed by atoms with Crippen molar-refractivity contribution < 1.29 is 19.4 Å². The fourth-order valence-corrected chi connectivity index (χ4v) is 12.2. The van der Waals surface area contributed by atoms with E-state index in [-0.39, 0.29) is 5.41 Å². The number of carbonyl (C=O) groups excluding carboxylic acids is 1. The fourth-order valence-electron chi connectivity index (χ4n) is 12.2. The number of nitrogens with one attached hydrogen (secondary N) is 1. The second-order valence-corrected chi connectivity index (χ2v) is 17.0. The molecule has 1 amide bonds. The molecule has 8 atom stereocenters. The summed E-state index contributed by atoms with van der Waals surface area (Å²) >= 11 is 0. The molecule has 2 aromatic carbocycles. The average Bonchev–Trinajstić information content (AvgIpc) is 3.64. The highest BCUT2D eigenvalue weighted by molar-refractivity contribution is 5.88. The number of methoxy groups -OCH3 is 1. The molecule has 0 heterocycles. The zero-order valence-corrected chi connectivity index (χ0v) is 36.7. The number of anilines is 1. The standard InChI is InChI=1S/C33H46O2.C8H9NO2.C3H6.C2H6.3C2H2/c1-30(2)24(21-8-10-22(11-9-21)29(34)35)15-19-33(5)27(30)16-20-32(4)26-14-18-31(3)17-6-7-25(31)23(26)12-13-28(32)33;1-11-8-4-2-7(3-5-8)9-6-10;1-3-2;4*1-2/h8-11,15,23,25-28H,6-7,12-14,16-20H2,1-5H3,(H,34,35);2-6H,1H3,(H,9,10);3H,1H2,2H3;1-2H3;3*1-2H/t23-,25?,26?,27?,28?,31-,32+,33+;;;;;;/m1....../s1. The maximum atomic E-state index is 11.4. The Labute approximate surface area is 347 Å². The van der Waals surface area contributed by atoms with E-state index in [2.05, 4.69) is 91.1 Å². The van der Waals surface area contributed by atoms with Gasteiger partial charge in [0.2, 0.25) is 6.41 Å². The van der Waals surface area contributed by atoms with Gasteiger partial charge in [-0.3, -0.25) is 4.79 Å². The van der Waals surface area contributed by atoms with Crippen LogP contribution in [-0.4, -0.2) is 24.6 Å². The molecule has 57 heavy (non-hydrogen) atoms. The molecular weight excluding hydrogens is 703 g/mol. The minimum atomic E-state index is -0.844. The number of aromatic carboxylic acids is 1. The van der Waals surface area contributed by atoms with Crippen LogP contribution in [0, 0.1) is 89.8 Å². The monoisotopic (exact) mass is 776 g/mol. The van der Waals surface area contributed by atoms with Crippen LogP contribution in [0.15, 0.2) is 67.3 Å². The van der Waals surface area contributed by atoms with E-state index in [1.807, 2.05) is 32.9 Å². The number of ether oxygens (including phenoxy) is 1. The zero-order valence-electron chi connectivity index (χ0n) is 36.7. The first kappa shape index (κ1) is 50.4. The van der Waals surface area contributed by atoms with Crippen molar-refractivity contribution in [1.29, 1.82) is 0 Å². The second-order valence-electron chi connectivity index (χ2n) is 17.0. The molecule has 7 rings (SSSR count). The van der Waals surface area contributed by atoms with Gasteiger partial charge < -0.3 is 15.2 Å². The van der Waals surface area contributed by atoms with Crippen molar-refractivity contribution >= 4 is 23.6 Å². The lowest BCUT2D eigenvalue weighted by Crippen LogP contribution is -2.60. The van der Waals surface area contributed by atoms with Gasteiger partial charge >= 0.3 is 5.97 Å². The number of benzene rings is 2. The van der Waals surface area contributed by atoms with Crippen molar-refractivity contribution in [2.45, 2.75) is 120 Å². The van der Waals surface area contributed by atoms with Crippen LogP contribution in [0.4, 0.5) is 5.69 Å².